The van der Waals surface area contributed by atoms with E-state index in [4.69, 9.17) is 11.6 Å². The van der Waals surface area contributed by atoms with Gasteiger partial charge in [-0.15, -0.1) is 0 Å². The standard InChI is InChI=1S/C20H18ClN5O/c21-16-5-1-3-14(11-16)18-19(25-9-8-24-18)15-4-2-10-26(13-15)20(27)17-12-22-6-7-23-17/h1,3,5-9,11-12,15H,2,4,10,13H2/t15-/m1/s1. The molecule has 1 atom stereocenters. The first-order chi connectivity index (χ1) is 13.2. The molecule has 1 amide bonds. The average Bonchev–Trinajstić information content (AvgIpc) is 2.74. The molecule has 2 aromatic heterocycles. The van der Waals surface area contributed by atoms with Crippen molar-refractivity contribution in [3.05, 3.63) is 71.7 Å². The Kier molecular flexibility index (Phi) is 5.07. The molecule has 0 aliphatic carbocycles. The molecular weight excluding hydrogens is 362 g/mol. The van der Waals surface area contributed by atoms with E-state index in [1.807, 2.05) is 29.2 Å². The van der Waals surface area contributed by atoms with Crippen LogP contribution in [0, 0.1) is 0 Å². The fraction of sp³-hybridized carbons (Fsp3) is 0.250. The lowest BCUT2D eigenvalue weighted by molar-refractivity contribution is 0.0699. The Bertz CT molecular complexity index is 950. The van der Waals surface area contributed by atoms with Gasteiger partial charge in [-0.25, -0.2) is 4.98 Å². The predicted molar refractivity (Wildman–Crippen MR) is 102 cm³/mol. The SMILES string of the molecule is O=C(c1cnccn1)N1CCC[C@@H](c2nccnc2-c2cccc(Cl)c2)C1. The van der Waals surface area contributed by atoms with E-state index in [2.05, 4.69) is 19.9 Å². The maximum absolute atomic E-state index is 12.7. The summed E-state index contributed by atoms with van der Waals surface area (Å²) in [7, 11) is 0. The van der Waals surface area contributed by atoms with Gasteiger partial charge < -0.3 is 4.90 Å². The Morgan fingerprint density at radius 2 is 1.96 bits per heavy atom. The summed E-state index contributed by atoms with van der Waals surface area (Å²) < 4.78 is 0. The van der Waals surface area contributed by atoms with E-state index in [9.17, 15) is 4.79 Å². The Balaban J connectivity index is 1.62. The van der Waals surface area contributed by atoms with Crippen molar-refractivity contribution in [2.45, 2.75) is 18.8 Å². The van der Waals surface area contributed by atoms with E-state index in [1.165, 1.54) is 12.4 Å². The largest absolute Gasteiger partial charge is 0.337 e. The van der Waals surface area contributed by atoms with Crippen molar-refractivity contribution in [1.82, 2.24) is 24.8 Å². The maximum atomic E-state index is 12.7. The number of hydrogen-bond donors (Lipinski definition) is 0. The summed E-state index contributed by atoms with van der Waals surface area (Å²) in [6.07, 6.45) is 9.85. The van der Waals surface area contributed by atoms with Gasteiger partial charge >= 0.3 is 0 Å². The third kappa shape index (κ3) is 3.80. The van der Waals surface area contributed by atoms with Crippen LogP contribution in [0.25, 0.3) is 11.3 Å². The van der Waals surface area contributed by atoms with Gasteiger partial charge in [-0.3, -0.25) is 19.7 Å². The summed E-state index contributed by atoms with van der Waals surface area (Å²) in [4.78, 5) is 31.8. The van der Waals surface area contributed by atoms with Crippen LogP contribution in [-0.4, -0.2) is 43.8 Å². The van der Waals surface area contributed by atoms with Gasteiger partial charge in [0.2, 0.25) is 0 Å². The number of carbonyl (C=O) groups is 1. The van der Waals surface area contributed by atoms with Crippen molar-refractivity contribution in [2.24, 2.45) is 0 Å². The van der Waals surface area contributed by atoms with E-state index >= 15 is 0 Å². The predicted octanol–water partition coefficient (Wildman–Crippen LogP) is 3.61. The topological polar surface area (TPSA) is 71.9 Å². The number of amides is 1. The molecule has 6 nitrogen and oxygen atoms in total. The second-order valence-electron chi connectivity index (χ2n) is 6.48. The van der Waals surface area contributed by atoms with Crippen LogP contribution in [0.2, 0.25) is 5.02 Å². The van der Waals surface area contributed by atoms with Gasteiger partial charge in [-0.2, -0.15) is 0 Å². The molecule has 136 valence electrons. The number of rotatable bonds is 3. The molecule has 0 N–H and O–H groups in total. The zero-order valence-electron chi connectivity index (χ0n) is 14.6. The van der Waals surface area contributed by atoms with Gasteiger partial charge in [-0.1, -0.05) is 23.7 Å². The lowest BCUT2D eigenvalue weighted by atomic mass is 9.91. The normalized spacial score (nSPS) is 16.9. The molecule has 4 rings (SSSR count). The van der Waals surface area contributed by atoms with E-state index in [1.54, 1.807) is 18.6 Å². The number of aromatic nitrogens is 4. The minimum Gasteiger partial charge on any atom is -0.337 e. The molecule has 1 aromatic carbocycles. The first-order valence-corrected chi connectivity index (χ1v) is 9.22. The smallest absolute Gasteiger partial charge is 0.274 e. The molecular formula is C20H18ClN5O. The molecule has 1 aliphatic rings. The van der Waals surface area contributed by atoms with Crippen LogP contribution >= 0.6 is 11.6 Å². The first kappa shape index (κ1) is 17.5. The molecule has 0 bridgehead atoms. The van der Waals surface area contributed by atoms with Gasteiger partial charge in [0.1, 0.15) is 5.69 Å². The summed E-state index contributed by atoms with van der Waals surface area (Å²) in [5.74, 6) is 0.0167. The lowest BCUT2D eigenvalue weighted by Gasteiger charge is -2.32. The number of hydrogen-bond acceptors (Lipinski definition) is 5. The molecule has 1 fully saturated rings. The summed E-state index contributed by atoms with van der Waals surface area (Å²) in [6.45, 7) is 1.29. The molecule has 3 heterocycles. The average molecular weight is 380 g/mol. The Hall–Kier alpha value is -2.86. The van der Waals surface area contributed by atoms with Gasteiger partial charge in [0, 0.05) is 54.4 Å². The molecule has 7 heteroatoms. The highest BCUT2D eigenvalue weighted by Crippen LogP contribution is 2.32. The van der Waals surface area contributed by atoms with Gasteiger partial charge in [0.15, 0.2) is 0 Å². The summed E-state index contributed by atoms with van der Waals surface area (Å²) >= 11 is 6.15. The zero-order valence-corrected chi connectivity index (χ0v) is 15.4. The minimum atomic E-state index is -0.0963. The maximum Gasteiger partial charge on any atom is 0.274 e. The van der Waals surface area contributed by atoms with E-state index in [-0.39, 0.29) is 11.8 Å². The molecule has 0 radical (unpaired) electrons. The Morgan fingerprint density at radius 3 is 2.78 bits per heavy atom. The number of carbonyl (C=O) groups excluding carboxylic acids is 1. The molecule has 0 saturated carbocycles. The van der Waals surface area contributed by atoms with Crippen LogP contribution in [0.4, 0.5) is 0 Å². The van der Waals surface area contributed by atoms with Crippen LogP contribution in [0.3, 0.4) is 0 Å². The van der Waals surface area contributed by atoms with E-state index in [0.29, 0.717) is 23.8 Å². The molecule has 1 saturated heterocycles. The van der Waals surface area contributed by atoms with Crippen molar-refractivity contribution in [3.63, 3.8) is 0 Å². The van der Waals surface area contributed by atoms with Crippen molar-refractivity contribution >= 4 is 17.5 Å². The van der Waals surface area contributed by atoms with Crippen molar-refractivity contribution in [1.29, 1.82) is 0 Å². The number of nitrogens with zero attached hydrogens (tertiary/aromatic N) is 5. The summed E-state index contributed by atoms with van der Waals surface area (Å²) in [5.41, 5.74) is 3.02. The van der Waals surface area contributed by atoms with Crippen molar-refractivity contribution in [3.8, 4) is 11.3 Å². The van der Waals surface area contributed by atoms with Crippen LogP contribution in [0.15, 0.2) is 55.2 Å². The Labute approximate surface area is 162 Å². The highest BCUT2D eigenvalue weighted by molar-refractivity contribution is 6.30. The molecule has 0 spiro atoms. The highest BCUT2D eigenvalue weighted by atomic mass is 35.5. The molecule has 3 aromatic rings. The molecule has 27 heavy (non-hydrogen) atoms. The van der Waals surface area contributed by atoms with E-state index < -0.39 is 0 Å². The fourth-order valence-corrected chi connectivity index (χ4v) is 3.65. The summed E-state index contributed by atoms with van der Waals surface area (Å²) in [5, 5.41) is 0.659. The number of halogens is 1. The van der Waals surface area contributed by atoms with Crippen molar-refractivity contribution < 1.29 is 4.79 Å². The minimum absolute atomic E-state index is 0.0963. The van der Waals surface area contributed by atoms with Crippen LogP contribution in [-0.2, 0) is 0 Å². The second kappa shape index (κ2) is 7.80. The monoisotopic (exact) mass is 379 g/mol. The number of piperidine rings is 1. The third-order valence-electron chi connectivity index (χ3n) is 4.70. The quantitative estimate of drug-likeness (QED) is 0.695. The first-order valence-electron chi connectivity index (χ1n) is 8.84. The summed E-state index contributed by atoms with van der Waals surface area (Å²) in [6, 6.07) is 7.61. The Morgan fingerprint density at radius 1 is 1.11 bits per heavy atom. The number of likely N-dealkylation sites (tertiary alicyclic amines) is 1. The van der Waals surface area contributed by atoms with Crippen LogP contribution in [0.5, 0.6) is 0 Å². The fourth-order valence-electron chi connectivity index (χ4n) is 3.46. The lowest BCUT2D eigenvalue weighted by Crippen LogP contribution is -2.39. The van der Waals surface area contributed by atoms with Gasteiger partial charge in [0.05, 0.1) is 17.6 Å². The van der Waals surface area contributed by atoms with Crippen LogP contribution < -0.4 is 0 Å². The second-order valence-corrected chi connectivity index (χ2v) is 6.92. The zero-order chi connectivity index (χ0) is 18.6. The number of benzene rings is 1. The van der Waals surface area contributed by atoms with Gasteiger partial charge in [-0.05, 0) is 25.0 Å². The molecule has 1 aliphatic heterocycles. The van der Waals surface area contributed by atoms with Crippen molar-refractivity contribution in [2.75, 3.05) is 13.1 Å². The highest BCUT2D eigenvalue weighted by Gasteiger charge is 2.29. The van der Waals surface area contributed by atoms with Crippen LogP contribution in [0.1, 0.15) is 34.9 Å². The van der Waals surface area contributed by atoms with Gasteiger partial charge in [0.25, 0.3) is 5.91 Å². The van der Waals surface area contributed by atoms with E-state index in [0.717, 1.165) is 29.8 Å². The third-order valence-corrected chi connectivity index (χ3v) is 4.94. The molecule has 0 unspecified atom stereocenters.